The number of aryl methyl sites for hydroxylation is 4. The molecular formula is C30H38N2O3S. The molecule has 1 aliphatic heterocycles. The highest BCUT2D eigenvalue weighted by molar-refractivity contribution is 7.92. The second kappa shape index (κ2) is 11.1. The quantitative estimate of drug-likeness (QED) is 0.379. The first-order valence-electron chi connectivity index (χ1n) is 12.9. The maximum absolute atomic E-state index is 14.1. The van der Waals surface area contributed by atoms with E-state index < -0.39 is 10.0 Å². The van der Waals surface area contributed by atoms with Gasteiger partial charge in [0.1, 0.15) is 5.75 Å². The van der Waals surface area contributed by atoms with Crippen molar-refractivity contribution in [1.82, 2.24) is 4.90 Å². The molecule has 36 heavy (non-hydrogen) atoms. The van der Waals surface area contributed by atoms with E-state index in [1.54, 1.807) is 18.2 Å². The van der Waals surface area contributed by atoms with E-state index in [2.05, 4.69) is 11.8 Å². The summed E-state index contributed by atoms with van der Waals surface area (Å²) in [5.41, 5.74) is 5.07. The van der Waals surface area contributed by atoms with Crippen LogP contribution in [0.3, 0.4) is 0 Å². The average molecular weight is 507 g/mol. The number of phenols is 1. The Morgan fingerprint density at radius 3 is 2.28 bits per heavy atom. The van der Waals surface area contributed by atoms with E-state index in [0.717, 1.165) is 41.6 Å². The molecule has 1 fully saturated rings. The number of anilines is 1. The lowest BCUT2D eigenvalue weighted by Crippen LogP contribution is -2.31. The molecule has 1 atom stereocenters. The first-order chi connectivity index (χ1) is 17.1. The average Bonchev–Trinajstić information content (AvgIpc) is 3.22. The van der Waals surface area contributed by atoms with Gasteiger partial charge in [-0.15, -0.1) is 0 Å². The van der Waals surface area contributed by atoms with Gasteiger partial charge in [0.25, 0.3) is 10.0 Å². The maximum Gasteiger partial charge on any atom is 0.265 e. The molecule has 1 unspecified atom stereocenters. The van der Waals surface area contributed by atoms with Gasteiger partial charge < -0.3 is 10.0 Å². The van der Waals surface area contributed by atoms with Gasteiger partial charge in [-0.3, -0.25) is 4.31 Å². The highest BCUT2D eigenvalue weighted by atomic mass is 32.2. The van der Waals surface area contributed by atoms with Crippen molar-refractivity contribution in [2.75, 3.05) is 17.4 Å². The minimum absolute atomic E-state index is 0.121. The molecule has 1 N–H and O–H groups in total. The van der Waals surface area contributed by atoms with Crippen molar-refractivity contribution in [1.29, 1.82) is 0 Å². The number of hydrogen-bond acceptors (Lipinski definition) is 4. The second-order valence-corrected chi connectivity index (χ2v) is 12.0. The van der Waals surface area contributed by atoms with Gasteiger partial charge in [0, 0.05) is 6.04 Å². The van der Waals surface area contributed by atoms with Crippen LogP contribution in [0.4, 0.5) is 5.69 Å². The van der Waals surface area contributed by atoms with E-state index in [1.165, 1.54) is 29.3 Å². The molecule has 6 heteroatoms. The van der Waals surface area contributed by atoms with Gasteiger partial charge in [0.15, 0.2) is 0 Å². The molecule has 0 bridgehead atoms. The van der Waals surface area contributed by atoms with Crippen LogP contribution in [0.1, 0.15) is 54.0 Å². The Bertz CT molecular complexity index is 1280. The zero-order chi connectivity index (χ0) is 25.9. The number of nitrogens with zero attached hydrogens (tertiary/aromatic N) is 2. The first kappa shape index (κ1) is 26.2. The Hall–Kier alpha value is -2.83. The summed E-state index contributed by atoms with van der Waals surface area (Å²) in [7, 11) is -3.85. The monoisotopic (exact) mass is 506 g/mol. The van der Waals surface area contributed by atoms with Crippen LogP contribution in [-0.2, 0) is 23.0 Å². The molecular weight excluding hydrogens is 468 g/mol. The first-order valence-corrected chi connectivity index (χ1v) is 14.3. The maximum atomic E-state index is 14.1. The number of phenolic OH excluding ortho intramolecular Hbond substituents is 1. The van der Waals surface area contributed by atoms with Crippen molar-refractivity contribution in [2.24, 2.45) is 0 Å². The molecule has 0 radical (unpaired) electrons. The number of likely N-dealkylation sites (tertiary alicyclic amines) is 1. The second-order valence-electron chi connectivity index (χ2n) is 10.2. The fraction of sp³-hybridized carbons (Fsp3) is 0.400. The van der Waals surface area contributed by atoms with Crippen LogP contribution >= 0.6 is 0 Å². The van der Waals surface area contributed by atoms with Crippen molar-refractivity contribution in [3.63, 3.8) is 0 Å². The van der Waals surface area contributed by atoms with Crippen LogP contribution in [0.5, 0.6) is 5.75 Å². The van der Waals surface area contributed by atoms with Crippen molar-refractivity contribution in [2.45, 2.75) is 70.9 Å². The lowest BCUT2D eigenvalue weighted by molar-refractivity contribution is 0.265. The highest BCUT2D eigenvalue weighted by Gasteiger charge is 2.29. The Morgan fingerprint density at radius 1 is 0.972 bits per heavy atom. The summed E-state index contributed by atoms with van der Waals surface area (Å²) in [6.45, 7) is 10.4. The van der Waals surface area contributed by atoms with Gasteiger partial charge in [-0.25, -0.2) is 8.42 Å². The van der Waals surface area contributed by atoms with Gasteiger partial charge in [0.05, 0.1) is 17.1 Å². The standard InChI is InChI=1S/C30H38N2O3S/c1-22-18-23(2)30(24(3)19-22)36(34,35)32(21-27-9-5-11-29(33)20-27)28-14-12-26(13-15-28)10-7-17-31-16-6-8-25(31)4/h5,9,11-15,18-20,25,33H,6-8,10,16-17,21H2,1-4H3. The molecule has 0 amide bonds. The number of rotatable bonds is 9. The summed E-state index contributed by atoms with van der Waals surface area (Å²) in [5, 5.41) is 9.98. The summed E-state index contributed by atoms with van der Waals surface area (Å²) in [6, 6.07) is 19.2. The normalized spacial score (nSPS) is 16.4. The van der Waals surface area contributed by atoms with E-state index in [-0.39, 0.29) is 12.3 Å². The molecule has 0 saturated carbocycles. The highest BCUT2D eigenvalue weighted by Crippen LogP contribution is 2.31. The van der Waals surface area contributed by atoms with Gasteiger partial charge in [-0.2, -0.15) is 0 Å². The van der Waals surface area contributed by atoms with Crippen molar-refractivity contribution in [3.8, 4) is 5.75 Å². The van der Waals surface area contributed by atoms with Crippen LogP contribution in [-0.4, -0.2) is 37.6 Å². The zero-order valence-corrected chi connectivity index (χ0v) is 22.7. The molecule has 1 heterocycles. The summed E-state index contributed by atoms with van der Waals surface area (Å²) < 4.78 is 29.6. The largest absolute Gasteiger partial charge is 0.508 e. The number of hydrogen-bond donors (Lipinski definition) is 1. The van der Waals surface area contributed by atoms with E-state index in [4.69, 9.17) is 0 Å². The van der Waals surface area contributed by atoms with Crippen LogP contribution in [0.2, 0.25) is 0 Å². The van der Waals surface area contributed by atoms with Gasteiger partial charge >= 0.3 is 0 Å². The minimum Gasteiger partial charge on any atom is -0.508 e. The SMILES string of the molecule is Cc1cc(C)c(S(=O)(=O)N(Cc2cccc(O)c2)c2ccc(CCCN3CCCC3C)cc2)c(C)c1. The lowest BCUT2D eigenvalue weighted by Gasteiger charge is -2.27. The van der Waals surface area contributed by atoms with Gasteiger partial charge in [-0.05, 0) is 113 Å². The fourth-order valence-electron chi connectivity index (χ4n) is 5.46. The third kappa shape index (κ3) is 5.93. The minimum atomic E-state index is -3.85. The number of sulfonamides is 1. The number of benzene rings is 3. The van der Waals surface area contributed by atoms with Crippen LogP contribution < -0.4 is 4.31 Å². The zero-order valence-electron chi connectivity index (χ0n) is 21.9. The summed E-state index contributed by atoms with van der Waals surface area (Å²) >= 11 is 0. The molecule has 3 aromatic rings. The third-order valence-electron chi connectivity index (χ3n) is 7.22. The summed E-state index contributed by atoms with van der Waals surface area (Å²) in [5.74, 6) is 0.121. The van der Waals surface area contributed by atoms with Crippen LogP contribution in [0.25, 0.3) is 0 Å². The van der Waals surface area contributed by atoms with E-state index >= 15 is 0 Å². The van der Waals surface area contributed by atoms with Crippen LogP contribution in [0.15, 0.2) is 65.6 Å². The summed E-state index contributed by atoms with van der Waals surface area (Å²) in [4.78, 5) is 2.90. The summed E-state index contributed by atoms with van der Waals surface area (Å²) in [6.07, 6.45) is 4.65. The van der Waals surface area contributed by atoms with E-state index in [0.29, 0.717) is 16.6 Å². The van der Waals surface area contributed by atoms with E-state index in [9.17, 15) is 13.5 Å². The smallest absolute Gasteiger partial charge is 0.265 e. The van der Waals surface area contributed by atoms with Crippen molar-refractivity contribution < 1.29 is 13.5 Å². The molecule has 0 spiro atoms. The third-order valence-corrected chi connectivity index (χ3v) is 9.30. The Balaban J connectivity index is 1.61. The Morgan fingerprint density at radius 2 is 1.67 bits per heavy atom. The molecule has 1 aliphatic rings. The predicted molar refractivity (Wildman–Crippen MR) is 147 cm³/mol. The number of aromatic hydroxyl groups is 1. The molecule has 4 rings (SSSR count). The molecule has 5 nitrogen and oxygen atoms in total. The molecule has 3 aromatic carbocycles. The van der Waals surface area contributed by atoms with Gasteiger partial charge in [0.2, 0.25) is 0 Å². The predicted octanol–water partition coefficient (Wildman–Crippen LogP) is 6.13. The Kier molecular flexibility index (Phi) is 8.06. The van der Waals surface area contributed by atoms with Crippen molar-refractivity contribution in [3.05, 3.63) is 88.5 Å². The van der Waals surface area contributed by atoms with E-state index in [1.807, 2.05) is 63.2 Å². The fourth-order valence-corrected chi connectivity index (χ4v) is 7.33. The van der Waals surface area contributed by atoms with Crippen LogP contribution in [0, 0.1) is 20.8 Å². The van der Waals surface area contributed by atoms with Gasteiger partial charge in [-0.1, -0.05) is 42.0 Å². The Labute approximate surface area is 216 Å². The lowest BCUT2D eigenvalue weighted by atomic mass is 10.1. The molecule has 192 valence electrons. The molecule has 1 saturated heterocycles. The molecule has 0 aromatic heterocycles. The molecule has 0 aliphatic carbocycles. The van der Waals surface area contributed by atoms with Crippen molar-refractivity contribution >= 4 is 15.7 Å². The topological polar surface area (TPSA) is 60.9 Å².